The third-order valence-electron chi connectivity index (χ3n) is 4.73. The SMILES string of the molecule is NCC1(C(=O)NC2CCCS(=O)(=O)C2)CCCCCC1. The number of amides is 1. The Balaban J connectivity index is 2.01. The van der Waals surface area contributed by atoms with Crippen molar-refractivity contribution in [1.82, 2.24) is 5.32 Å². The minimum atomic E-state index is -2.99. The van der Waals surface area contributed by atoms with E-state index in [0.717, 1.165) is 44.9 Å². The first kappa shape index (κ1) is 15.8. The fraction of sp³-hybridized carbons (Fsp3) is 0.929. The largest absolute Gasteiger partial charge is 0.352 e. The van der Waals surface area contributed by atoms with E-state index in [0.29, 0.717) is 13.0 Å². The first-order valence-corrected chi connectivity index (χ1v) is 9.51. The molecule has 2 aliphatic rings. The number of hydrogen-bond acceptors (Lipinski definition) is 4. The Kier molecular flexibility index (Phi) is 5.07. The van der Waals surface area contributed by atoms with Gasteiger partial charge < -0.3 is 11.1 Å². The molecule has 2 rings (SSSR count). The van der Waals surface area contributed by atoms with Gasteiger partial charge in [-0.1, -0.05) is 25.7 Å². The van der Waals surface area contributed by atoms with Crippen LogP contribution in [0.5, 0.6) is 0 Å². The third kappa shape index (κ3) is 3.73. The van der Waals surface area contributed by atoms with Crippen LogP contribution >= 0.6 is 0 Å². The molecule has 1 aliphatic heterocycles. The van der Waals surface area contributed by atoms with Gasteiger partial charge in [-0.25, -0.2) is 8.42 Å². The van der Waals surface area contributed by atoms with Gasteiger partial charge in [0.05, 0.1) is 16.9 Å². The summed E-state index contributed by atoms with van der Waals surface area (Å²) in [6.45, 7) is 0.359. The topological polar surface area (TPSA) is 89.3 Å². The zero-order valence-corrected chi connectivity index (χ0v) is 12.9. The summed E-state index contributed by atoms with van der Waals surface area (Å²) in [5, 5.41) is 2.97. The van der Waals surface area contributed by atoms with E-state index in [9.17, 15) is 13.2 Å². The Hall–Kier alpha value is -0.620. The molecule has 0 aromatic heterocycles. The summed E-state index contributed by atoms with van der Waals surface area (Å²) in [7, 11) is -2.99. The number of carbonyl (C=O) groups is 1. The zero-order chi connectivity index (χ0) is 14.6. The van der Waals surface area contributed by atoms with E-state index in [1.807, 2.05) is 0 Å². The van der Waals surface area contributed by atoms with Crippen LogP contribution in [0.15, 0.2) is 0 Å². The summed E-state index contributed by atoms with van der Waals surface area (Å²) >= 11 is 0. The number of rotatable bonds is 3. The number of nitrogens with two attached hydrogens (primary N) is 1. The maximum absolute atomic E-state index is 12.6. The van der Waals surface area contributed by atoms with E-state index in [1.54, 1.807) is 0 Å². The van der Waals surface area contributed by atoms with Crippen molar-refractivity contribution < 1.29 is 13.2 Å². The van der Waals surface area contributed by atoms with E-state index in [-0.39, 0.29) is 23.5 Å². The highest BCUT2D eigenvalue weighted by molar-refractivity contribution is 7.91. The van der Waals surface area contributed by atoms with Gasteiger partial charge in [-0.2, -0.15) is 0 Å². The predicted octanol–water partition coefficient (Wildman–Crippen LogP) is 0.979. The van der Waals surface area contributed by atoms with Gasteiger partial charge in [-0.3, -0.25) is 4.79 Å². The molecule has 1 unspecified atom stereocenters. The standard InChI is InChI=1S/C14H26N2O3S/c15-11-14(7-3-1-2-4-8-14)13(17)16-12-6-5-9-20(18,19)10-12/h12H,1-11,15H2,(H,16,17). The van der Waals surface area contributed by atoms with Gasteiger partial charge in [0.1, 0.15) is 0 Å². The summed E-state index contributed by atoms with van der Waals surface area (Å²) < 4.78 is 23.3. The van der Waals surface area contributed by atoms with Crippen molar-refractivity contribution in [3.8, 4) is 0 Å². The maximum atomic E-state index is 12.6. The van der Waals surface area contributed by atoms with Crippen LogP contribution in [0.1, 0.15) is 51.4 Å². The van der Waals surface area contributed by atoms with Crippen LogP contribution in [0.2, 0.25) is 0 Å². The Labute approximate surface area is 121 Å². The maximum Gasteiger partial charge on any atom is 0.227 e. The van der Waals surface area contributed by atoms with E-state index >= 15 is 0 Å². The first-order chi connectivity index (χ1) is 9.47. The average Bonchev–Trinajstić information content (AvgIpc) is 2.63. The number of sulfone groups is 1. The van der Waals surface area contributed by atoms with E-state index in [1.165, 1.54) is 0 Å². The Morgan fingerprint density at radius 3 is 2.35 bits per heavy atom. The highest BCUT2D eigenvalue weighted by Gasteiger charge is 2.39. The smallest absolute Gasteiger partial charge is 0.227 e. The second-order valence-corrected chi connectivity index (χ2v) is 8.55. The Morgan fingerprint density at radius 1 is 1.15 bits per heavy atom. The van der Waals surface area contributed by atoms with Crippen LogP contribution in [-0.2, 0) is 14.6 Å². The molecule has 0 spiro atoms. The monoisotopic (exact) mass is 302 g/mol. The second-order valence-electron chi connectivity index (χ2n) is 6.33. The minimum absolute atomic E-state index is 0.0241. The van der Waals surface area contributed by atoms with Crippen LogP contribution in [0.3, 0.4) is 0 Å². The molecule has 0 aromatic carbocycles. The molecule has 2 fully saturated rings. The number of hydrogen-bond donors (Lipinski definition) is 2. The molecule has 20 heavy (non-hydrogen) atoms. The molecular formula is C14H26N2O3S. The van der Waals surface area contributed by atoms with Gasteiger partial charge in [0.15, 0.2) is 9.84 Å². The third-order valence-corrected chi connectivity index (χ3v) is 6.55. The lowest BCUT2D eigenvalue weighted by molar-refractivity contribution is -0.132. The van der Waals surface area contributed by atoms with Gasteiger partial charge in [-0.15, -0.1) is 0 Å². The van der Waals surface area contributed by atoms with Gasteiger partial charge >= 0.3 is 0 Å². The van der Waals surface area contributed by atoms with Crippen LogP contribution in [0.4, 0.5) is 0 Å². The molecule has 5 nitrogen and oxygen atoms in total. The van der Waals surface area contributed by atoms with Gasteiger partial charge in [0.25, 0.3) is 0 Å². The molecule has 0 aromatic rings. The second kappa shape index (κ2) is 6.43. The fourth-order valence-corrected chi connectivity index (χ4v) is 5.04. The van der Waals surface area contributed by atoms with Crippen LogP contribution in [0.25, 0.3) is 0 Å². The van der Waals surface area contributed by atoms with Crippen molar-refractivity contribution in [2.45, 2.75) is 57.4 Å². The molecule has 1 heterocycles. The van der Waals surface area contributed by atoms with Crippen molar-refractivity contribution >= 4 is 15.7 Å². The molecule has 1 amide bonds. The molecule has 1 saturated carbocycles. The average molecular weight is 302 g/mol. The first-order valence-electron chi connectivity index (χ1n) is 7.69. The summed E-state index contributed by atoms with van der Waals surface area (Å²) in [4.78, 5) is 12.6. The van der Waals surface area contributed by atoms with E-state index in [4.69, 9.17) is 5.73 Å². The van der Waals surface area contributed by atoms with Crippen LogP contribution < -0.4 is 11.1 Å². The fourth-order valence-electron chi connectivity index (χ4n) is 3.40. The van der Waals surface area contributed by atoms with Gasteiger partial charge in [0, 0.05) is 12.6 Å². The molecule has 6 heteroatoms. The molecular weight excluding hydrogens is 276 g/mol. The van der Waals surface area contributed by atoms with Crippen molar-refractivity contribution in [3.63, 3.8) is 0 Å². The van der Waals surface area contributed by atoms with E-state index in [2.05, 4.69) is 5.32 Å². The normalized spacial score (nSPS) is 29.4. The van der Waals surface area contributed by atoms with Gasteiger partial charge in [0.2, 0.25) is 5.91 Å². The lowest BCUT2D eigenvalue weighted by Crippen LogP contribution is -2.52. The number of carbonyl (C=O) groups excluding carboxylic acids is 1. The minimum Gasteiger partial charge on any atom is -0.352 e. The molecule has 1 atom stereocenters. The summed E-state index contributed by atoms with van der Waals surface area (Å²) in [6, 6.07) is -0.229. The molecule has 0 radical (unpaired) electrons. The lowest BCUT2D eigenvalue weighted by atomic mass is 9.79. The molecule has 116 valence electrons. The molecule has 1 saturated heterocycles. The summed E-state index contributed by atoms with van der Waals surface area (Å²) in [5.74, 6) is 0.310. The summed E-state index contributed by atoms with van der Waals surface area (Å²) in [6.07, 6.45) is 7.44. The van der Waals surface area contributed by atoms with Crippen molar-refractivity contribution in [1.29, 1.82) is 0 Å². The predicted molar refractivity (Wildman–Crippen MR) is 79.0 cm³/mol. The van der Waals surface area contributed by atoms with Crippen LogP contribution in [0, 0.1) is 5.41 Å². The lowest BCUT2D eigenvalue weighted by Gasteiger charge is -2.33. The van der Waals surface area contributed by atoms with Crippen molar-refractivity contribution in [2.24, 2.45) is 11.1 Å². The summed E-state index contributed by atoms with van der Waals surface area (Å²) in [5.41, 5.74) is 5.41. The van der Waals surface area contributed by atoms with Gasteiger partial charge in [-0.05, 0) is 25.7 Å². The molecule has 0 bridgehead atoms. The van der Waals surface area contributed by atoms with Crippen molar-refractivity contribution in [3.05, 3.63) is 0 Å². The Bertz CT molecular complexity index is 439. The van der Waals surface area contributed by atoms with Crippen LogP contribution in [-0.4, -0.2) is 38.4 Å². The zero-order valence-electron chi connectivity index (χ0n) is 12.1. The Morgan fingerprint density at radius 2 is 1.80 bits per heavy atom. The quantitative estimate of drug-likeness (QED) is 0.761. The number of nitrogens with one attached hydrogen (secondary N) is 1. The van der Waals surface area contributed by atoms with Crippen molar-refractivity contribution in [2.75, 3.05) is 18.1 Å². The molecule has 3 N–H and O–H groups in total. The molecule has 1 aliphatic carbocycles. The van der Waals surface area contributed by atoms with E-state index < -0.39 is 15.3 Å². The highest BCUT2D eigenvalue weighted by Crippen LogP contribution is 2.34. The highest BCUT2D eigenvalue weighted by atomic mass is 32.2.